The monoisotopic (exact) mass is 352 g/mol. The van der Waals surface area contributed by atoms with E-state index in [1.807, 2.05) is 61.5 Å². The Labute approximate surface area is 153 Å². The normalized spacial score (nSPS) is 14.7. The lowest BCUT2D eigenvalue weighted by Crippen LogP contribution is -2.51. The fraction of sp³-hybridized carbons (Fsp3) is 0.300. The molecule has 3 amide bonds. The highest BCUT2D eigenvalue weighted by molar-refractivity contribution is 5.92. The van der Waals surface area contributed by atoms with Crippen molar-refractivity contribution in [2.45, 2.75) is 6.92 Å². The van der Waals surface area contributed by atoms with Gasteiger partial charge in [-0.2, -0.15) is 0 Å². The first-order valence-corrected chi connectivity index (χ1v) is 8.80. The van der Waals surface area contributed by atoms with Gasteiger partial charge in [0.2, 0.25) is 5.91 Å². The number of nitrogens with one attached hydrogen (secondary N) is 2. The van der Waals surface area contributed by atoms with Crippen molar-refractivity contribution >= 4 is 23.3 Å². The summed E-state index contributed by atoms with van der Waals surface area (Å²) in [6, 6.07) is 17.1. The summed E-state index contributed by atoms with van der Waals surface area (Å²) in [7, 11) is 0. The molecular formula is C20H24N4O2. The molecule has 0 bridgehead atoms. The standard InChI is InChI=1S/C20H24N4O2/c1-16-7-9-18(10-8-16)22-20(26)24-13-11-23(12-14-24)15-19(25)21-17-5-3-2-4-6-17/h2-10H,11-15H2,1H3,(H,21,25)(H,22,26). The Kier molecular flexibility index (Phi) is 5.86. The quantitative estimate of drug-likeness (QED) is 0.889. The van der Waals surface area contributed by atoms with Gasteiger partial charge >= 0.3 is 6.03 Å². The van der Waals surface area contributed by atoms with Gasteiger partial charge < -0.3 is 15.5 Å². The number of para-hydroxylation sites is 1. The zero-order chi connectivity index (χ0) is 18.4. The number of amides is 3. The van der Waals surface area contributed by atoms with E-state index in [9.17, 15) is 9.59 Å². The van der Waals surface area contributed by atoms with Gasteiger partial charge in [0, 0.05) is 37.6 Å². The fourth-order valence-corrected chi connectivity index (χ4v) is 2.87. The van der Waals surface area contributed by atoms with Crippen LogP contribution in [0.3, 0.4) is 0 Å². The lowest BCUT2D eigenvalue weighted by Gasteiger charge is -2.34. The highest BCUT2D eigenvalue weighted by atomic mass is 16.2. The van der Waals surface area contributed by atoms with Crippen LogP contribution in [0.25, 0.3) is 0 Å². The molecule has 6 heteroatoms. The molecule has 0 unspecified atom stereocenters. The Morgan fingerprint density at radius 1 is 0.846 bits per heavy atom. The van der Waals surface area contributed by atoms with Gasteiger partial charge in [0.15, 0.2) is 0 Å². The van der Waals surface area contributed by atoms with E-state index in [0.29, 0.717) is 32.7 Å². The maximum absolute atomic E-state index is 12.3. The van der Waals surface area contributed by atoms with Crippen LogP contribution in [0, 0.1) is 6.92 Å². The van der Waals surface area contributed by atoms with Crippen LogP contribution in [0.1, 0.15) is 5.56 Å². The second-order valence-corrected chi connectivity index (χ2v) is 6.47. The van der Waals surface area contributed by atoms with E-state index >= 15 is 0 Å². The SMILES string of the molecule is Cc1ccc(NC(=O)N2CCN(CC(=O)Nc3ccccc3)CC2)cc1. The molecule has 1 aliphatic heterocycles. The van der Waals surface area contributed by atoms with Crippen molar-refractivity contribution in [2.24, 2.45) is 0 Å². The maximum Gasteiger partial charge on any atom is 0.321 e. The van der Waals surface area contributed by atoms with Crippen LogP contribution >= 0.6 is 0 Å². The number of benzene rings is 2. The third-order valence-electron chi connectivity index (χ3n) is 4.39. The Morgan fingerprint density at radius 3 is 2.12 bits per heavy atom. The summed E-state index contributed by atoms with van der Waals surface area (Å²) in [5, 5.41) is 5.80. The van der Waals surface area contributed by atoms with Crippen molar-refractivity contribution in [2.75, 3.05) is 43.4 Å². The smallest absolute Gasteiger partial charge is 0.321 e. The van der Waals surface area contributed by atoms with Crippen LogP contribution in [-0.2, 0) is 4.79 Å². The van der Waals surface area contributed by atoms with E-state index in [1.54, 1.807) is 4.90 Å². The molecule has 136 valence electrons. The molecule has 3 rings (SSSR count). The Morgan fingerprint density at radius 2 is 1.46 bits per heavy atom. The molecule has 2 N–H and O–H groups in total. The van der Waals surface area contributed by atoms with Crippen LogP contribution in [0.5, 0.6) is 0 Å². The molecule has 0 atom stereocenters. The first-order valence-electron chi connectivity index (χ1n) is 8.80. The zero-order valence-corrected chi connectivity index (χ0v) is 14.9. The maximum atomic E-state index is 12.3. The molecule has 1 heterocycles. The molecule has 26 heavy (non-hydrogen) atoms. The number of hydrogen-bond donors (Lipinski definition) is 2. The number of carbonyl (C=O) groups excluding carboxylic acids is 2. The van der Waals surface area contributed by atoms with E-state index in [0.717, 1.165) is 16.9 Å². The molecule has 0 saturated carbocycles. The number of piperazine rings is 1. The molecular weight excluding hydrogens is 328 g/mol. The van der Waals surface area contributed by atoms with Gasteiger partial charge in [0.25, 0.3) is 0 Å². The van der Waals surface area contributed by atoms with Crippen LogP contribution in [0.2, 0.25) is 0 Å². The van der Waals surface area contributed by atoms with Crippen molar-refractivity contribution in [1.29, 1.82) is 0 Å². The average molecular weight is 352 g/mol. The van der Waals surface area contributed by atoms with Gasteiger partial charge in [0.05, 0.1) is 6.54 Å². The van der Waals surface area contributed by atoms with Crippen molar-refractivity contribution in [1.82, 2.24) is 9.80 Å². The number of urea groups is 1. The van der Waals surface area contributed by atoms with E-state index in [2.05, 4.69) is 15.5 Å². The average Bonchev–Trinajstić information content (AvgIpc) is 2.65. The predicted octanol–water partition coefficient (Wildman–Crippen LogP) is 2.78. The van der Waals surface area contributed by atoms with Crippen LogP contribution in [0.15, 0.2) is 54.6 Å². The van der Waals surface area contributed by atoms with E-state index in [-0.39, 0.29) is 11.9 Å². The molecule has 0 radical (unpaired) electrons. The number of hydrogen-bond acceptors (Lipinski definition) is 3. The lowest BCUT2D eigenvalue weighted by atomic mass is 10.2. The van der Waals surface area contributed by atoms with Gasteiger partial charge in [-0.15, -0.1) is 0 Å². The summed E-state index contributed by atoms with van der Waals surface area (Å²) in [6.07, 6.45) is 0. The van der Waals surface area contributed by atoms with Crippen LogP contribution < -0.4 is 10.6 Å². The molecule has 6 nitrogen and oxygen atoms in total. The third kappa shape index (κ3) is 5.07. The number of rotatable bonds is 4. The van der Waals surface area contributed by atoms with Crippen molar-refractivity contribution in [3.8, 4) is 0 Å². The molecule has 1 fully saturated rings. The van der Waals surface area contributed by atoms with Gasteiger partial charge in [-0.3, -0.25) is 9.69 Å². The minimum absolute atomic E-state index is 0.0336. The summed E-state index contributed by atoms with van der Waals surface area (Å²) in [6.45, 7) is 4.93. The van der Waals surface area contributed by atoms with E-state index < -0.39 is 0 Å². The van der Waals surface area contributed by atoms with Crippen molar-refractivity contribution in [3.05, 3.63) is 60.2 Å². The largest absolute Gasteiger partial charge is 0.325 e. The summed E-state index contributed by atoms with van der Waals surface area (Å²) in [5.74, 6) is -0.0336. The number of nitrogens with zero attached hydrogens (tertiary/aromatic N) is 2. The van der Waals surface area contributed by atoms with Crippen LogP contribution in [-0.4, -0.2) is 54.5 Å². The Balaban J connectivity index is 1.42. The number of aryl methyl sites for hydroxylation is 1. The topological polar surface area (TPSA) is 64.7 Å². The summed E-state index contributed by atoms with van der Waals surface area (Å²) >= 11 is 0. The summed E-state index contributed by atoms with van der Waals surface area (Å²) in [4.78, 5) is 28.3. The Hall–Kier alpha value is -2.86. The fourth-order valence-electron chi connectivity index (χ4n) is 2.87. The summed E-state index contributed by atoms with van der Waals surface area (Å²) < 4.78 is 0. The Bertz CT molecular complexity index is 738. The minimum Gasteiger partial charge on any atom is -0.325 e. The minimum atomic E-state index is -0.0951. The van der Waals surface area contributed by atoms with Crippen molar-refractivity contribution in [3.63, 3.8) is 0 Å². The lowest BCUT2D eigenvalue weighted by molar-refractivity contribution is -0.117. The first-order chi connectivity index (χ1) is 12.6. The first kappa shape index (κ1) is 17.9. The number of anilines is 2. The van der Waals surface area contributed by atoms with E-state index in [4.69, 9.17) is 0 Å². The van der Waals surface area contributed by atoms with Gasteiger partial charge in [-0.1, -0.05) is 35.9 Å². The third-order valence-corrected chi connectivity index (χ3v) is 4.39. The van der Waals surface area contributed by atoms with Gasteiger partial charge in [-0.25, -0.2) is 4.79 Å². The number of carbonyl (C=O) groups is 2. The molecule has 0 aromatic heterocycles. The highest BCUT2D eigenvalue weighted by Crippen LogP contribution is 2.11. The highest BCUT2D eigenvalue weighted by Gasteiger charge is 2.22. The molecule has 2 aromatic rings. The zero-order valence-electron chi connectivity index (χ0n) is 14.9. The van der Waals surface area contributed by atoms with Crippen LogP contribution in [0.4, 0.5) is 16.2 Å². The summed E-state index contributed by atoms with van der Waals surface area (Å²) in [5.41, 5.74) is 2.75. The molecule has 0 spiro atoms. The molecule has 1 saturated heterocycles. The molecule has 1 aliphatic rings. The predicted molar refractivity (Wildman–Crippen MR) is 103 cm³/mol. The van der Waals surface area contributed by atoms with Gasteiger partial charge in [-0.05, 0) is 31.2 Å². The molecule has 2 aromatic carbocycles. The van der Waals surface area contributed by atoms with Crippen molar-refractivity contribution < 1.29 is 9.59 Å². The second-order valence-electron chi connectivity index (χ2n) is 6.47. The second kappa shape index (κ2) is 8.49. The van der Waals surface area contributed by atoms with E-state index in [1.165, 1.54) is 0 Å². The van der Waals surface area contributed by atoms with Gasteiger partial charge in [0.1, 0.15) is 0 Å². The molecule has 0 aliphatic carbocycles.